The van der Waals surface area contributed by atoms with Crippen molar-refractivity contribution in [3.63, 3.8) is 0 Å². The number of sulfone groups is 1. The first-order chi connectivity index (χ1) is 21.7. The van der Waals surface area contributed by atoms with E-state index in [1.165, 1.54) is 18.3 Å². The molecular formula is C33H36ClN5O5S. The van der Waals surface area contributed by atoms with Crippen LogP contribution in [0.3, 0.4) is 0 Å². The van der Waals surface area contributed by atoms with Crippen molar-refractivity contribution in [3.8, 4) is 17.1 Å². The van der Waals surface area contributed by atoms with Crippen molar-refractivity contribution in [2.45, 2.75) is 37.1 Å². The number of rotatable bonds is 4. The number of nitrogens with zero attached hydrogens (tertiary/aromatic N) is 5. The van der Waals surface area contributed by atoms with Crippen molar-refractivity contribution in [2.75, 3.05) is 39.0 Å². The normalized spacial score (nSPS) is 15.1. The number of amides is 2. The monoisotopic (exact) mass is 649 g/mol. The second-order valence-electron chi connectivity index (χ2n) is 11.0. The van der Waals surface area contributed by atoms with Gasteiger partial charge in [0.05, 0.1) is 22.9 Å². The lowest BCUT2D eigenvalue weighted by Crippen LogP contribution is -2.37. The van der Waals surface area contributed by atoms with Crippen LogP contribution in [-0.2, 0) is 27.6 Å². The highest BCUT2D eigenvalue weighted by molar-refractivity contribution is 7.90. The van der Waals surface area contributed by atoms with Crippen LogP contribution in [-0.4, -0.2) is 83.6 Å². The van der Waals surface area contributed by atoms with Crippen molar-refractivity contribution in [3.05, 3.63) is 95.5 Å². The summed E-state index contributed by atoms with van der Waals surface area (Å²) >= 11 is 5.99. The van der Waals surface area contributed by atoms with Gasteiger partial charge in [-0.2, -0.15) is 0 Å². The lowest BCUT2D eigenvalue weighted by molar-refractivity contribution is -0.130. The molecule has 1 aliphatic heterocycles. The Morgan fingerprint density at radius 2 is 1.64 bits per heavy atom. The number of pyridine rings is 1. The third kappa shape index (κ3) is 8.70. The third-order valence-electron chi connectivity index (χ3n) is 7.66. The van der Waals surface area contributed by atoms with Crippen LogP contribution in [0.5, 0.6) is 5.75 Å². The van der Waals surface area contributed by atoms with Crippen LogP contribution >= 0.6 is 11.6 Å². The van der Waals surface area contributed by atoms with Crippen LogP contribution in [0.4, 0.5) is 0 Å². The van der Waals surface area contributed by atoms with Gasteiger partial charge < -0.3 is 19.1 Å². The first-order valence-corrected chi connectivity index (χ1v) is 17.2. The molecule has 0 saturated heterocycles. The molecule has 2 bridgehead atoms. The number of aromatic nitrogens is 3. The van der Waals surface area contributed by atoms with E-state index in [1.807, 2.05) is 39.9 Å². The number of hydrogen-bond donors (Lipinski definition) is 0. The maximum absolute atomic E-state index is 13.6. The molecule has 2 aromatic carbocycles. The molecule has 45 heavy (non-hydrogen) atoms. The maximum atomic E-state index is 13.6. The number of hydrogen-bond acceptors (Lipinski definition) is 7. The summed E-state index contributed by atoms with van der Waals surface area (Å²) in [6.45, 7) is 2.91. The van der Waals surface area contributed by atoms with E-state index < -0.39 is 9.84 Å². The van der Waals surface area contributed by atoms with Gasteiger partial charge >= 0.3 is 0 Å². The lowest BCUT2D eigenvalue weighted by atomic mass is 10.1. The van der Waals surface area contributed by atoms with Gasteiger partial charge in [-0.3, -0.25) is 9.59 Å². The molecule has 4 aromatic rings. The second kappa shape index (κ2) is 14.7. The Balaban J connectivity index is 1.36. The van der Waals surface area contributed by atoms with Crippen LogP contribution in [0.2, 0.25) is 5.02 Å². The molecule has 3 heterocycles. The van der Waals surface area contributed by atoms with Gasteiger partial charge in [0.1, 0.15) is 17.3 Å². The summed E-state index contributed by atoms with van der Waals surface area (Å²) in [5, 5.41) is 0.462. The summed E-state index contributed by atoms with van der Waals surface area (Å²) < 4.78 is 31.8. The average molecular weight is 650 g/mol. The van der Waals surface area contributed by atoms with Gasteiger partial charge in [-0.15, -0.1) is 0 Å². The minimum absolute atomic E-state index is 0.0598. The second-order valence-corrected chi connectivity index (χ2v) is 13.5. The predicted molar refractivity (Wildman–Crippen MR) is 172 cm³/mol. The van der Waals surface area contributed by atoms with E-state index in [1.54, 1.807) is 35.4 Å². The molecule has 0 fully saturated rings. The molecular weight excluding hydrogens is 614 g/mol. The average Bonchev–Trinajstić information content (AvgIpc) is 3.50. The topological polar surface area (TPSA) is 115 Å². The summed E-state index contributed by atoms with van der Waals surface area (Å²) in [5.41, 5.74) is 1.96. The summed E-state index contributed by atoms with van der Waals surface area (Å²) in [6, 6.07) is 17.5. The highest BCUT2D eigenvalue weighted by Crippen LogP contribution is 2.23. The molecule has 1 aliphatic rings. The quantitative estimate of drug-likeness (QED) is 0.313. The largest absolute Gasteiger partial charge is 0.494 e. The van der Waals surface area contributed by atoms with E-state index in [-0.39, 0.29) is 23.1 Å². The Morgan fingerprint density at radius 3 is 2.38 bits per heavy atom. The number of halogens is 1. The summed E-state index contributed by atoms with van der Waals surface area (Å²) in [6.07, 6.45) is 8.42. The first kappa shape index (κ1) is 32.2. The number of fused-ring (bicyclic) bond motifs is 4. The zero-order valence-corrected chi connectivity index (χ0v) is 26.7. The van der Waals surface area contributed by atoms with Crippen molar-refractivity contribution in [2.24, 2.45) is 0 Å². The number of benzene rings is 2. The Hall–Kier alpha value is -4.22. The first-order valence-electron chi connectivity index (χ1n) is 14.9. The van der Waals surface area contributed by atoms with Crippen LogP contribution in [0.15, 0.2) is 84.1 Å². The van der Waals surface area contributed by atoms with Crippen LogP contribution in [0, 0.1) is 0 Å². The lowest BCUT2D eigenvalue weighted by Gasteiger charge is -2.25. The van der Waals surface area contributed by atoms with Gasteiger partial charge in [0.15, 0.2) is 9.84 Å². The number of ether oxygens (including phenoxy) is 1. The fourth-order valence-corrected chi connectivity index (χ4v) is 5.98. The third-order valence-corrected chi connectivity index (χ3v) is 9.01. The highest BCUT2D eigenvalue weighted by Gasteiger charge is 2.20. The van der Waals surface area contributed by atoms with Gasteiger partial charge in [-0.05, 0) is 61.2 Å². The van der Waals surface area contributed by atoms with Gasteiger partial charge in [0.2, 0.25) is 5.91 Å². The van der Waals surface area contributed by atoms with Crippen LogP contribution in [0.25, 0.3) is 11.4 Å². The van der Waals surface area contributed by atoms with Gasteiger partial charge in [0.25, 0.3) is 5.91 Å². The van der Waals surface area contributed by atoms with Gasteiger partial charge in [-0.1, -0.05) is 35.9 Å². The Kier molecular flexibility index (Phi) is 10.5. The Bertz CT molecular complexity index is 1720. The van der Waals surface area contributed by atoms with E-state index in [2.05, 4.69) is 9.97 Å². The number of carbonyl (C=O) groups is 2. The van der Waals surface area contributed by atoms with E-state index in [4.69, 9.17) is 16.3 Å². The zero-order valence-electron chi connectivity index (χ0n) is 25.1. The molecule has 10 nitrogen and oxygen atoms in total. The summed E-state index contributed by atoms with van der Waals surface area (Å²) in [4.78, 5) is 39.6. The van der Waals surface area contributed by atoms with Crippen molar-refractivity contribution < 1.29 is 22.7 Å². The number of imidazole rings is 1. The molecule has 0 atom stereocenters. The molecule has 2 amide bonds. The van der Waals surface area contributed by atoms with E-state index in [0.717, 1.165) is 23.2 Å². The highest BCUT2D eigenvalue weighted by atomic mass is 35.5. The smallest absolute Gasteiger partial charge is 0.272 e. The zero-order chi connectivity index (χ0) is 31.8. The summed E-state index contributed by atoms with van der Waals surface area (Å²) in [5.74, 6) is 1.25. The van der Waals surface area contributed by atoms with Crippen molar-refractivity contribution >= 4 is 33.3 Å². The van der Waals surface area contributed by atoms with Gasteiger partial charge in [0, 0.05) is 63.1 Å². The Labute approximate surface area is 268 Å². The van der Waals surface area contributed by atoms with Crippen LogP contribution in [0.1, 0.15) is 35.3 Å². The molecule has 5 rings (SSSR count). The molecule has 0 N–H and O–H groups in total. The minimum atomic E-state index is -3.33. The van der Waals surface area contributed by atoms with E-state index in [9.17, 15) is 18.0 Å². The maximum Gasteiger partial charge on any atom is 0.272 e. The van der Waals surface area contributed by atoms with E-state index >= 15 is 0 Å². The summed E-state index contributed by atoms with van der Waals surface area (Å²) in [7, 11) is -3.33. The number of carbonyl (C=O) groups excluding carboxylic acids is 2. The SMILES string of the molecule is CS(=O)(=O)c1ccc(CC(=O)N2CCCCN(C(=O)c3ccc(Cl)cn3)CCCOc3cccc(c3)-c3nccn3CC2)cc1. The van der Waals surface area contributed by atoms with Gasteiger partial charge in [-0.25, -0.2) is 18.4 Å². The molecule has 2 aromatic heterocycles. The molecule has 0 unspecified atom stereocenters. The molecule has 0 saturated carbocycles. The standard InChI is InChI=1S/C33H36ClN5O5S/c1-45(42,43)29-11-8-25(9-12-29)22-31(40)37-15-2-3-16-39(33(41)30-13-10-27(34)24-36-30)17-5-21-44-28-7-4-6-26(23-28)32-35-14-18-38(32)20-19-37/h4,6-14,18,23-24H,2-3,5,15-17,19-22H2,1H3. The fourth-order valence-electron chi connectivity index (χ4n) is 5.24. The molecule has 0 radical (unpaired) electrons. The van der Waals surface area contributed by atoms with Crippen LogP contribution < -0.4 is 4.74 Å². The Morgan fingerprint density at radius 1 is 0.889 bits per heavy atom. The molecule has 0 spiro atoms. The predicted octanol–water partition coefficient (Wildman–Crippen LogP) is 4.78. The van der Waals surface area contributed by atoms with E-state index in [0.29, 0.717) is 75.1 Å². The fraction of sp³-hybridized carbons (Fsp3) is 0.333. The van der Waals surface area contributed by atoms with Crippen molar-refractivity contribution in [1.29, 1.82) is 0 Å². The molecule has 236 valence electrons. The molecule has 12 heteroatoms. The van der Waals surface area contributed by atoms with Crippen molar-refractivity contribution in [1.82, 2.24) is 24.3 Å². The molecule has 0 aliphatic carbocycles. The minimum Gasteiger partial charge on any atom is -0.494 e.